The number of likely N-dealkylation sites (tertiary alicyclic amines) is 1. The zero-order chi connectivity index (χ0) is 22.2. The third-order valence-electron chi connectivity index (χ3n) is 6.56. The Hall–Kier alpha value is -3.55. The highest BCUT2D eigenvalue weighted by atomic mass is 16.4. The summed E-state index contributed by atoms with van der Waals surface area (Å²) in [5.41, 5.74) is 6.49. The SMILES string of the molecule is Cc1cc2c(cc(NCC3CCN(C(=O)O)CC3)c3nnc(C)n32)n1Cc1ccccc1. The van der Waals surface area contributed by atoms with Crippen molar-refractivity contribution in [1.29, 1.82) is 0 Å². The summed E-state index contributed by atoms with van der Waals surface area (Å²) in [5.74, 6) is 1.29. The van der Waals surface area contributed by atoms with Gasteiger partial charge in [-0.15, -0.1) is 10.2 Å². The van der Waals surface area contributed by atoms with Crippen LogP contribution in [0.3, 0.4) is 0 Å². The largest absolute Gasteiger partial charge is 0.465 e. The molecule has 1 fully saturated rings. The monoisotopic (exact) mass is 432 g/mol. The molecular weight excluding hydrogens is 404 g/mol. The summed E-state index contributed by atoms with van der Waals surface area (Å²) in [6.07, 6.45) is 0.914. The highest BCUT2D eigenvalue weighted by molar-refractivity contribution is 5.88. The summed E-state index contributed by atoms with van der Waals surface area (Å²) in [7, 11) is 0. The highest BCUT2D eigenvalue weighted by Crippen LogP contribution is 2.29. The predicted molar refractivity (Wildman–Crippen MR) is 124 cm³/mol. The number of nitrogens with zero attached hydrogens (tertiary/aromatic N) is 5. The summed E-state index contributed by atoms with van der Waals surface area (Å²) in [4.78, 5) is 12.7. The van der Waals surface area contributed by atoms with E-state index in [4.69, 9.17) is 0 Å². The van der Waals surface area contributed by atoms with Crippen LogP contribution in [0, 0.1) is 19.8 Å². The molecule has 0 radical (unpaired) electrons. The van der Waals surface area contributed by atoms with E-state index in [9.17, 15) is 9.90 Å². The molecule has 0 spiro atoms. The molecule has 0 saturated carbocycles. The number of amides is 1. The molecule has 0 aliphatic carbocycles. The van der Waals surface area contributed by atoms with Gasteiger partial charge >= 0.3 is 6.09 Å². The lowest BCUT2D eigenvalue weighted by atomic mass is 9.97. The van der Waals surface area contributed by atoms with E-state index in [2.05, 4.69) is 67.8 Å². The fourth-order valence-electron chi connectivity index (χ4n) is 4.72. The first-order valence-corrected chi connectivity index (χ1v) is 11.1. The van der Waals surface area contributed by atoms with Crippen LogP contribution in [0.4, 0.5) is 10.5 Å². The second-order valence-electron chi connectivity index (χ2n) is 8.69. The van der Waals surface area contributed by atoms with Crippen molar-refractivity contribution in [3.05, 3.63) is 59.5 Å². The molecule has 32 heavy (non-hydrogen) atoms. The van der Waals surface area contributed by atoms with Crippen LogP contribution in [0.2, 0.25) is 0 Å². The Labute approximate surface area is 186 Å². The number of aromatic nitrogens is 4. The van der Waals surface area contributed by atoms with Crippen molar-refractivity contribution in [2.24, 2.45) is 5.92 Å². The van der Waals surface area contributed by atoms with Crippen LogP contribution in [0.5, 0.6) is 0 Å². The van der Waals surface area contributed by atoms with Crippen molar-refractivity contribution < 1.29 is 9.90 Å². The van der Waals surface area contributed by atoms with Gasteiger partial charge in [-0.05, 0) is 50.3 Å². The molecule has 2 N–H and O–H groups in total. The van der Waals surface area contributed by atoms with Crippen LogP contribution in [0.1, 0.15) is 29.9 Å². The highest BCUT2D eigenvalue weighted by Gasteiger charge is 2.23. The van der Waals surface area contributed by atoms with Crippen LogP contribution in [-0.4, -0.2) is 54.9 Å². The number of carboxylic acid groups (broad SMARTS) is 1. The van der Waals surface area contributed by atoms with Gasteiger partial charge in [-0.2, -0.15) is 0 Å². The first-order valence-electron chi connectivity index (χ1n) is 11.1. The van der Waals surface area contributed by atoms with Gasteiger partial charge in [0.1, 0.15) is 5.82 Å². The maximum absolute atomic E-state index is 11.2. The lowest BCUT2D eigenvalue weighted by Crippen LogP contribution is -2.39. The number of aryl methyl sites for hydroxylation is 2. The summed E-state index contributed by atoms with van der Waals surface area (Å²) in [5, 5.41) is 21.6. The van der Waals surface area contributed by atoms with Crippen LogP contribution in [0.25, 0.3) is 16.7 Å². The molecule has 5 rings (SSSR count). The number of nitrogens with one attached hydrogen (secondary N) is 1. The molecule has 8 heteroatoms. The lowest BCUT2D eigenvalue weighted by Gasteiger charge is -2.30. The molecule has 1 aliphatic heterocycles. The molecule has 4 heterocycles. The third-order valence-corrected chi connectivity index (χ3v) is 6.56. The van der Waals surface area contributed by atoms with Gasteiger partial charge in [0.2, 0.25) is 0 Å². The molecule has 1 aromatic carbocycles. The van der Waals surface area contributed by atoms with Crippen molar-refractivity contribution in [1.82, 2.24) is 24.1 Å². The molecule has 0 unspecified atom stereocenters. The number of rotatable bonds is 5. The summed E-state index contributed by atoms with van der Waals surface area (Å²) < 4.78 is 4.46. The summed E-state index contributed by atoms with van der Waals surface area (Å²) >= 11 is 0. The van der Waals surface area contributed by atoms with Crippen molar-refractivity contribution in [3.63, 3.8) is 0 Å². The van der Waals surface area contributed by atoms with E-state index in [0.717, 1.165) is 54.1 Å². The first kappa shape index (κ1) is 20.4. The summed E-state index contributed by atoms with van der Waals surface area (Å²) in [6.45, 7) is 6.90. The molecule has 1 saturated heterocycles. The number of piperidine rings is 1. The maximum Gasteiger partial charge on any atom is 0.407 e. The van der Waals surface area contributed by atoms with E-state index in [1.807, 2.05) is 13.0 Å². The topological polar surface area (TPSA) is 87.7 Å². The average molecular weight is 433 g/mol. The van der Waals surface area contributed by atoms with Crippen molar-refractivity contribution >= 4 is 28.5 Å². The zero-order valence-corrected chi connectivity index (χ0v) is 18.5. The van der Waals surface area contributed by atoms with Crippen molar-refractivity contribution in [3.8, 4) is 0 Å². The molecular formula is C24H28N6O2. The fraction of sp³-hybridized carbons (Fsp3) is 0.375. The van der Waals surface area contributed by atoms with Crippen LogP contribution < -0.4 is 5.32 Å². The number of hydrogen-bond donors (Lipinski definition) is 2. The Bertz CT molecular complexity index is 1270. The van der Waals surface area contributed by atoms with Gasteiger partial charge in [0, 0.05) is 31.9 Å². The van der Waals surface area contributed by atoms with E-state index in [0.29, 0.717) is 19.0 Å². The predicted octanol–water partition coefficient (Wildman–Crippen LogP) is 4.15. The van der Waals surface area contributed by atoms with E-state index < -0.39 is 6.09 Å². The smallest absolute Gasteiger partial charge is 0.407 e. The number of fused-ring (bicyclic) bond motifs is 3. The minimum Gasteiger partial charge on any atom is -0.465 e. The van der Waals surface area contributed by atoms with Gasteiger partial charge < -0.3 is 19.9 Å². The zero-order valence-electron chi connectivity index (χ0n) is 18.5. The molecule has 166 valence electrons. The Kier molecular flexibility index (Phi) is 5.20. The first-order chi connectivity index (χ1) is 15.5. The molecule has 8 nitrogen and oxygen atoms in total. The quantitative estimate of drug-likeness (QED) is 0.495. The summed E-state index contributed by atoms with van der Waals surface area (Å²) in [6, 6.07) is 14.9. The van der Waals surface area contributed by atoms with Crippen LogP contribution >= 0.6 is 0 Å². The maximum atomic E-state index is 11.2. The van der Waals surface area contributed by atoms with Crippen molar-refractivity contribution in [2.75, 3.05) is 25.0 Å². The number of anilines is 1. The minimum atomic E-state index is -0.822. The Morgan fingerprint density at radius 1 is 1.09 bits per heavy atom. The van der Waals surface area contributed by atoms with E-state index >= 15 is 0 Å². The number of carbonyl (C=O) groups is 1. The fourth-order valence-corrected chi connectivity index (χ4v) is 4.72. The molecule has 4 aromatic rings. The number of hydrogen-bond acceptors (Lipinski definition) is 4. The van der Waals surface area contributed by atoms with Gasteiger partial charge in [-0.25, -0.2) is 4.79 Å². The molecule has 0 bridgehead atoms. The third kappa shape index (κ3) is 3.66. The van der Waals surface area contributed by atoms with Gasteiger partial charge in [-0.3, -0.25) is 4.40 Å². The van der Waals surface area contributed by atoms with Crippen LogP contribution in [-0.2, 0) is 6.54 Å². The van der Waals surface area contributed by atoms with Gasteiger partial charge in [-0.1, -0.05) is 30.3 Å². The minimum absolute atomic E-state index is 0.434. The van der Waals surface area contributed by atoms with E-state index in [-0.39, 0.29) is 0 Å². The molecule has 1 aliphatic rings. The van der Waals surface area contributed by atoms with Gasteiger partial charge in [0.05, 0.1) is 16.7 Å². The van der Waals surface area contributed by atoms with E-state index in [1.165, 1.54) is 16.2 Å². The second kappa shape index (κ2) is 8.18. The molecule has 0 atom stereocenters. The van der Waals surface area contributed by atoms with Crippen molar-refractivity contribution in [2.45, 2.75) is 33.2 Å². The Balaban J connectivity index is 1.47. The van der Waals surface area contributed by atoms with Gasteiger partial charge in [0.15, 0.2) is 5.65 Å². The molecule has 3 aromatic heterocycles. The molecule has 1 amide bonds. The Morgan fingerprint density at radius 2 is 1.84 bits per heavy atom. The normalized spacial score (nSPS) is 15.0. The number of pyridine rings is 1. The Morgan fingerprint density at radius 3 is 2.56 bits per heavy atom. The standard InChI is InChI=1S/C24H28N6O2/c1-16-12-22-21(29(16)15-19-6-4-3-5-7-19)13-20(23-27-26-17(2)30(22)23)25-14-18-8-10-28(11-9-18)24(31)32/h3-7,12-13,18,25H,8-11,14-15H2,1-2H3,(H,31,32). The average Bonchev–Trinajstić information content (AvgIpc) is 3.33. The van der Waals surface area contributed by atoms with Gasteiger partial charge in [0.25, 0.3) is 0 Å². The van der Waals surface area contributed by atoms with Crippen LogP contribution in [0.15, 0.2) is 42.5 Å². The lowest BCUT2D eigenvalue weighted by molar-refractivity contribution is 0.126. The van der Waals surface area contributed by atoms with E-state index in [1.54, 1.807) is 0 Å². The second-order valence-corrected chi connectivity index (χ2v) is 8.69. The number of benzene rings is 1.